The van der Waals surface area contributed by atoms with Crippen LogP contribution in [0.4, 0.5) is 10.1 Å². The highest BCUT2D eigenvalue weighted by Crippen LogP contribution is 2.29. The zero-order valence-electron chi connectivity index (χ0n) is 11.2. The fraction of sp³-hybridized carbons (Fsp3) is 0.188. The molecule has 1 aromatic heterocycles. The molecule has 20 heavy (non-hydrogen) atoms. The van der Waals surface area contributed by atoms with Crippen LogP contribution in [0.5, 0.6) is 0 Å². The van der Waals surface area contributed by atoms with Gasteiger partial charge in [0.25, 0.3) is 0 Å². The van der Waals surface area contributed by atoms with Crippen LogP contribution >= 0.6 is 0 Å². The normalized spacial score (nSPS) is 13.5. The molecule has 1 N–H and O–H groups in total. The van der Waals surface area contributed by atoms with Crippen LogP contribution in [0, 0.1) is 5.82 Å². The first-order valence-corrected chi connectivity index (χ1v) is 6.71. The van der Waals surface area contributed by atoms with Crippen LogP contribution < -0.4 is 5.32 Å². The van der Waals surface area contributed by atoms with Crippen LogP contribution in [0.3, 0.4) is 0 Å². The van der Waals surface area contributed by atoms with E-state index in [9.17, 15) is 4.39 Å². The first-order chi connectivity index (χ1) is 9.72. The van der Waals surface area contributed by atoms with Crippen LogP contribution in [-0.2, 0) is 13.5 Å². The van der Waals surface area contributed by atoms with Crippen LogP contribution in [0.25, 0.3) is 22.4 Å². The number of rotatable bonds is 1. The Balaban J connectivity index is 1.92. The molecule has 100 valence electrons. The lowest BCUT2D eigenvalue weighted by atomic mass is 10.1. The summed E-state index contributed by atoms with van der Waals surface area (Å²) in [6.45, 7) is 0.993. The molecule has 3 nitrogen and oxygen atoms in total. The number of anilines is 1. The van der Waals surface area contributed by atoms with Gasteiger partial charge in [0.2, 0.25) is 0 Å². The fourth-order valence-corrected chi connectivity index (χ4v) is 2.87. The topological polar surface area (TPSA) is 29.9 Å². The van der Waals surface area contributed by atoms with E-state index in [1.54, 1.807) is 6.07 Å². The number of aromatic nitrogens is 2. The minimum atomic E-state index is -0.231. The van der Waals surface area contributed by atoms with Gasteiger partial charge in [0.05, 0.1) is 11.0 Å². The highest BCUT2D eigenvalue weighted by molar-refractivity contribution is 5.81. The first kappa shape index (κ1) is 11.5. The molecular weight excluding hydrogens is 253 g/mol. The fourth-order valence-electron chi connectivity index (χ4n) is 2.87. The van der Waals surface area contributed by atoms with Gasteiger partial charge in [0.1, 0.15) is 11.6 Å². The zero-order valence-corrected chi connectivity index (χ0v) is 11.2. The van der Waals surface area contributed by atoms with Crippen molar-refractivity contribution in [3.63, 3.8) is 0 Å². The predicted molar refractivity (Wildman–Crippen MR) is 78.3 cm³/mol. The summed E-state index contributed by atoms with van der Waals surface area (Å²) in [5, 5.41) is 3.35. The van der Waals surface area contributed by atoms with E-state index in [-0.39, 0.29) is 5.82 Å². The van der Waals surface area contributed by atoms with Gasteiger partial charge in [-0.3, -0.25) is 0 Å². The van der Waals surface area contributed by atoms with Crippen molar-refractivity contribution in [3.05, 3.63) is 47.8 Å². The highest BCUT2D eigenvalue weighted by Gasteiger charge is 2.14. The number of aryl methyl sites for hydroxylation is 1. The van der Waals surface area contributed by atoms with Crippen molar-refractivity contribution in [1.29, 1.82) is 0 Å². The summed E-state index contributed by atoms with van der Waals surface area (Å²) in [6, 6.07) is 11.0. The summed E-state index contributed by atoms with van der Waals surface area (Å²) >= 11 is 0. The summed E-state index contributed by atoms with van der Waals surface area (Å²) < 4.78 is 15.3. The van der Waals surface area contributed by atoms with E-state index >= 15 is 0 Å². The van der Waals surface area contributed by atoms with Crippen LogP contribution in [0.1, 0.15) is 5.56 Å². The summed E-state index contributed by atoms with van der Waals surface area (Å²) in [4.78, 5) is 4.62. The molecule has 2 heterocycles. The molecule has 0 unspecified atom stereocenters. The molecule has 0 aliphatic carbocycles. The van der Waals surface area contributed by atoms with Crippen molar-refractivity contribution in [2.75, 3.05) is 11.9 Å². The number of imidazole rings is 1. The third-order valence-corrected chi connectivity index (χ3v) is 3.92. The van der Waals surface area contributed by atoms with E-state index in [2.05, 4.69) is 28.5 Å². The molecule has 0 radical (unpaired) electrons. The van der Waals surface area contributed by atoms with E-state index in [4.69, 9.17) is 0 Å². The molecule has 2 aromatic carbocycles. The molecule has 0 saturated carbocycles. The Morgan fingerprint density at radius 1 is 1.20 bits per heavy atom. The average molecular weight is 267 g/mol. The standard InChI is InChI=1S/C16H14FN3/c1-20-15-9-12(17)3-5-14(15)19-16(20)11-2-4-13-10(8-11)6-7-18-13/h2-5,8-9,18H,6-7H2,1H3. The minimum Gasteiger partial charge on any atom is -0.384 e. The van der Waals surface area contributed by atoms with E-state index in [0.717, 1.165) is 35.4 Å². The van der Waals surface area contributed by atoms with Crippen LogP contribution in [0.2, 0.25) is 0 Å². The van der Waals surface area contributed by atoms with Gasteiger partial charge in [-0.25, -0.2) is 9.37 Å². The van der Waals surface area contributed by atoms with Crippen molar-refractivity contribution >= 4 is 16.7 Å². The summed E-state index contributed by atoms with van der Waals surface area (Å²) in [5.74, 6) is 0.644. The number of halogens is 1. The highest BCUT2D eigenvalue weighted by atomic mass is 19.1. The zero-order chi connectivity index (χ0) is 13.7. The molecule has 0 saturated heterocycles. The van der Waals surface area contributed by atoms with Gasteiger partial charge in [-0.1, -0.05) is 0 Å². The van der Waals surface area contributed by atoms with Crippen molar-refractivity contribution in [2.45, 2.75) is 6.42 Å². The largest absolute Gasteiger partial charge is 0.384 e. The molecule has 1 aliphatic rings. The number of nitrogens with one attached hydrogen (secondary N) is 1. The summed E-state index contributed by atoms with van der Waals surface area (Å²) in [7, 11) is 1.93. The van der Waals surface area contributed by atoms with Gasteiger partial charge in [-0.05, 0) is 48.4 Å². The molecule has 3 aromatic rings. The summed E-state index contributed by atoms with van der Waals surface area (Å²) in [6.07, 6.45) is 1.04. The Kier molecular flexibility index (Phi) is 2.33. The number of fused-ring (bicyclic) bond motifs is 2. The second-order valence-corrected chi connectivity index (χ2v) is 5.18. The van der Waals surface area contributed by atoms with Crippen molar-refractivity contribution < 1.29 is 4.39 Å². The number of hydrogen-bond donors (Lipinski definition) is 1. The van der Waals surface area contributed by atoms with Gasteiger partial charge in [-0.15, -0.1) is 0 Å². The Morgan fingerprint density at radius 3 is 3.00 bits per heavy atom. The molecule has 0 atom stereocenters. The van der Waals surface area contributed by atoms with E-state index < -0.39 is 0 Å². The van der Waals surface area contributed by atoms with Crippen molar-refractivity contribution in [2.24, 2.45) is 7.05 Å². The number of hydrogen-bond acceptors (Lipinski definition) is 2. The molecule has 0 spiro atoms. The lowest BCUT2D eigenvalue weighted by molar-refractivity contribution is 0.629. The van der Waals surface area contributed by atoms with Gasteiger partial charge < -0.3 is 9.88 Å². The molecule has 0 bridgehead atoms. The Bertz CT molecular complexity index is 820. The smallest absolute Gasteiger partial charge is 0.140 e. The predicted octanol–water partition coefficient (Wildman–Crippen LogP) is 3.35. The van der Waals surface area contributed by atoms with E-state index in [0.29, 0.717) is 0 Å². The summed E-state index contributed by atoms with van der Waals surface area (Å²) in [5.41, 5.74) is 5.24. The number of benzene rings is 2. The van der Waals surface area contributed by atoms with E-state index in [1.807, 2.05) is 11.6 Å². The molecular formula is C16H14FN3. The molecule has 0 amide bonds. The van der Waals surface area contributed by atoms with Gasteiger partial charge >= 0.3 is 0 Å². The third kappa shape index (κ3) is 1.61. The van der Waals surface area contributed by atoms with Crippen molar-refractivity contribution in [3.8, 4) is 11.4 Å². The van der Waals surface area contributed by atoms with Crippen LogP contribution in [-0.4, -0.2) is 16.1 Å². The maximum absolute atomic E-state index is 13.4. The Morgan fingerprint density at radius 2 is 2.10 bits per heavy atom. The molecule has 0 fully saturated rings. The van der Waals surface area contributed by atoms with Gasteiger partial charge in [0, 0.05) is 24.8 Å². The van der Waals surface area contributed by atoms with Gasteiger partial charge in [0.15, 0.2) is 0 Å². The third-order valence-electron chi connectivity index (χ3n) is 3.92. The Labute approximate surface area is 116 Å². The Hall–Kier alpha value is -2.36. The lowest BCUT2D eigenvalue weighted by Crippen LogP contribution is -1.93. The first-order valence-electron chi connectivity index (χ1n) is 6.71. The number of nitrogens with zero attached hydrogens (tertiary/aromatic N) is 2. The van der Waals surface area contributed by atoms with Crippen LogP contribution in [0.15, 0.2) is 36.4 Å². The maximum Gasteiger partial charge on any atom is 0.140 e. The maximum atomic E-state index is 13.4. The molecule has 4 heteroatoms. The minimum absolute atomic E-state index is 0.231. The SMILES string of the molecule is Cn1c(-c2ccc3c(c2)CCN3)nc2ccc(F)cc21. The monoisotopic (exact) mass is 267 g/mol. The lowest BCUT2D eigenvalue weighted by Gasteiger charge is -2.05. The quantitative estimate of drug-likeness (QED) is 0.732. The second-order valence-electron chi connectivity index (χ2n) is 5.18. The molecule has 4 rings (SSSR count). The van der Waals surface area contributed by atoms with E-state index in [1.165, 1.54) is 23.4 Å². The average Bonchev–Trinajstić information content (AvgIpc) is 3.03. The second kappa shape index (κ2) is 4.07. The van der Waals surface area contributed by atoms with Crippen molar-refractivity contribution in [1.82, 2.24) is 9.55 Å². The van der Waals surface area contributed by atoms with Gasteiger partial charge in [-0.2, -0.15) is 0 Å². The molecule has 1 aliphatic heterocycles.